The minimum Gasteiger partial charge on any atom is -0.369 e. The van der Waals surface area contributed by atoms with Crippen LogP contribution in [0.25, 0.3) is 11.3 Å². The standard InChI is InChI=1S/C29H30FN6O2/c30-23-7-3-5-21(17-23)11-15-33-27-25(9-10-26(35-27)24-8-2-1-6-22(24)18-32)28(38)34-19-29(13-14-31)12-4-16-36(29)20-37/h1-3,5-10,17H,4,11-16,19,31H2,(H,33,35)(H,34,38)/t29-/m1/s1. The maximum Gasteiger partial charge on any atom is 0.312 e. The second-order valence-corrected chi connectivity index (χ2v) is 9.35. The summed E-state index contributed by atoms with van der Waals surface area (Å²) >= 11 is 0. The zero-order valence-electron chi connectivity index (χ0n) is 21.0. The van der Waals surface area contributed by atoms with Gasteiger partial charge in [0.15, 0.2) is 0 Å². The largest absolute Gasteiger partial charge is 0.369 e. The molecule has 1 aromatic heterocycles. The molecule has 1 atom stereocenters. The molecule has 2 aromatic carbocycles. The van der Waals surface area contributed by atoms with E-state index in [0.29, 0.717) is 60.7 Å². The number of amides is 2. The quantitative estimate of drug-likeness (QED) is 0.361. The molecular formula is C29H30FN6O2. The first-order valence-corrected chi connectivity index (χ1v) is 12.6. The van der Waals surface area contributed by atoms with Crippen molar-refractivity contribution in [2.75, 3.05) is 31.5 Å². The van der Waals surface area contributed by atoms with Gasteiger partial charge in [-0.15, -0.1) is 0 Å². The van der Waals surface area contributed by atoms with Gasteiger partial charge in [0.2, 0.25) is 0 Å². The fourth-order valence-corrected chi connectivity index (χ4v) is 4.97. The summed E-state index contributed by atoms with van der Waals surface area (Å²) in [5.74, 6) is -0.307. The lowest BCUT2D eigenvalue weighted by Gasteiger charge is -2.35. The Kier molecular flexibility index (Phi) is 8.66. The number of carbonyl (C=O) groups excluding carboxylic acids is 2. The molecule has 2 heterocycles. The van der Waals surface area contributed by atoms with Crippen molar-refractivity contribution in [2.45, 2.75) is 31.2 Å². The molecule has 1 fully saturated rings. The van der Waals surface area contributed by atoms with Crippen LogP contribution in [0.2, 0.25) is 0 Å². The fraction of sp³-hybridized carbons (Fsp3) is 0.310. The van der Waals surface area contributed by atoms with Crippen LogP contribution in [0.3, 0.4) is 0 Å². The maximum atomic E-state index is 13.6. The van der Waals surface area contributed by atoms with Crippen LogP contribution in [0, 0.1) is 17.1 Å². The molecule has 1 saturated heterocycles. The van der Waals surface area contributed by atoms with Gasteiger partial charge < -0.3 is 21.3 Å². The Labute approximate surface area is 221 Å². The van der Waals surface area contributed by atoms with Gasteiger partial charge in [-0.2, -0.15) is 5.26 Å². The Morgan fingerprint density at radius 1 is 1.18 bits per heavy atom. The van der Waals surface area contributed by atoms with Gasteiger partial charge in [-0.05, 0) is 68.1 Å². The van der Waals surface area contributed by atoms with Crippen molar-refractivity contribution in [2.24, 2.45) is 5.73 Å². The smallest absolute Gasteiger partial charge is 0.312 e. The Bertz CT molecular complexity index is 1340. The number of hydrogen-bond donors (Lipinski definition) is 3. The maximum absolute atomic E-state index is 13.6. The first-order chi connectivity index (χ1) is 18.5. The molecule has 4 rings (SSSR count). The first kappa shape index (κ1) is 26.8. The molecule has 0 bridgehead atoms. The van der Waals surface area contributed by atoms with Crippen molar-refractivity contribution >= 4 is 18.1 Å². The first-order valence-electron chi connectivity index (χ1n) is 12.6. The minimum atomic E-state index is -0.559. The molecule has 8 nitrogen and oxygen atoms in total. The molecule has 4 N–H and O–H groups in total. The molecule has 9 heteroatoms. The number of nitrogens with zero attached hydrogens (tertiary/aromatic N) is 3. The van der Waals surface area contributed by atoms with Crippen LogP contribution in [0.4, 0.5) is 10.2 Å². The summed E-state index contributed by atoms with van der Waals surface area (Å²) in [7, 11) is 0. The number of pyridine rings is 1. The summed E-state index contributed by atoms with van der Waals surface area (Å²) in [6, 6.07) is 19.0. The Hall–Kier alpha value is -4.29. The molecule has 1 aliphatic heterocycles. The molecule has 3 aromatic rings. The van der Waals surface area contributed by atoms with Gasteiger partial charge in [-0.25, -0.2) is 9.37 Å². The third-order valence-electron chi connectivity index (χ3n) is 6.95. The number of carbonyl (C=O) groups is 1. The van der Waals surface area contributed by atoms with Crippen LogP contribution < -0.4 is 16.4 Å². The van der Waals surface area contributed by atoms with Crippen LogP contribution in [-0.4, -0.2) is 53.9 Å². The SMILES string of the molecule is N#Cc1ccccc1-c1ccc(C(=O)NC[C@]2(CCN)CCCN2[C]=O)c(NCCc2cccc(F)c2)n1. The average molecular weight is 514 g/mol. The summed E-state index contributed by atoms with van der Waals surface area (Å²) in [5, 5.41) is 15.7. The van der Waals surface area contributed by atoms with Crippen molar-refractivity contribution in [3.8, 4) is 17.3 Å². The van der Waals surface area contributed by atoms with E-state index in [1.54, 1.807) is 41.3 Å². The van der Waals surface area contributed by atoms with Gasteiger partial charge in [0.1, 0.15) is 11.6 Å². The normalized spacial score (nSPS) is 16.6. The van der Waals surface area contributed by atoms with Gasteiger partial charge in [-0.3, -0.25) is 9.59 Å². The summed E-state index contributed by atoms with van der Waals surface area (Å²) in [5.41, 5.74) is 8.07. The number of likely N-dealkylation sites (tertiary alicyclic amines) is 1. The van der Waals surface area contributed by atoms with Crippen molar-refractivity contribution in [3.05, 3.63) is 83.2 Å². The second-order valence-electron chi connectivity index (χ2n) is 9.35. The lowest BCUT2D eigenvalue weighted by Crippen LogP contribution is -2.52. The summed E-state index contributed by atoms with van der Waals surface area (Å²) < 4.78 is 13.6. The number of nitriles is 1. The number of nitrogens with two attached hydrogens (primary N) is 1. The third-order valence-corrected chi connectivity index (χ3v) is 6.95. The predicted molar refractivity (Wildman–Crippen MR) is 143 cm³/mol. The molecule has 38 heavy (non-hydrogen) atoms. The van der Waals surface area contributed by atoms with Crippen LogP contribution in [0.5, 0.6) is 0 Å². The zero-order valence-corrected chi connectivity index (χ0v) is 21.0. The van der Waals surface area contributed by atoms with Crippen molar-refractivity contribution in [1.29, 1.82) is 5.26 Å². The zero-order chi connectivity index (χ0) is 27.0. The van der Waals surface area contributed by atoms with E-state index < -0.39 is 5.54 Å². The second kappa shape index (κ2) is 12.3. The van der Waals surface area contributed by atoms with Crippen LogP contribution in [0.1, 0.15) is 40.7 Å². The number of nitrogens with one attached hydrogen (secondary N) is 2. The number of rotatable bonds is 11. The third kappa shape index (κ3) is 5.98. The van der Waals surface area contributed by atoms with E-state index in [1.807, 2.05) is 18.5 Å². The number of benzene rings is 2. The van der Waals surface area contributed by atoms with Crippen molar-refractivity contribution in [1.82, 2.24) is 15.2 Å². The van der Waals surface area contributed by atoms with E-state index in [0.717, 1.165) is 18.4 Å². The van der Waals surface area contributed by atoms with Gasteiger partial charge in [-0.1, -0.05) is 30.3 Å². The molecule has 2 amide bonds. The van der Waals surface area contributed by atoms with Gasteiger partial charge in [0.05, 0.1) is 28.4 Å². The Balaban J connectivity index is 1.59. The lowest BCUT2D eigenvalue weighted by molar-refractivity contribution is 0.0921. The van der Waals surface area contributed by atoms with Gasteiger partial charge >= 0.3 is 6.41 Å². The Morgan fingerprint density at radius 2 is 2.03 bits per heavy atom. The monoisotopic (exact) mass is 513 g/mol. The van der Waals surface area contributed by atoms with E-state index in [-0.39, 0.29) is 18.3 Å². The highest BCUT2D eigenvalue weighted by Crippen LogP contribution is 2.31. The van der Waals surface area contributed by atoms with Crippen molar-refractivity contribution in [3.63, 3.8) is 0 Å². The molecule has 0 saturated carbocycles. The van der Waals surface area contributed by atoms with E-state index in [2.05, 4.69) is 16.7 Å². The molecule has 1 aliphatic rings. The topological polar surface area (TPSA) is 124 Å². The van der Waals surface area contributed by atoms with Crippen molar-refractivity contribution < 1.29 is 14.0 Å². The highest BCUT2D eigenvalue weighted by molar-refractivity contribution is 5.99. The van der Waals surface area contributed by atoms with Gasteiger partial charge in [0.25, 0.3) is 5.91 Å². The molecular weight excluding hydrogens is 483 g/mol. The molecule has 1 radical (unpaired) electrons. The van der Waals surface area contributed by atoms with E-state index in [9.17, 15) is 19.2 Å². The number of hydrogen-bond acceptors (Lipinski definition) is 6. The van der Waals surface area contributed by atoms with Crippen LogP contribution >= 0.6 is 0 Å². The average Bonchev–Trinajstić information content (AvgIpc) is 3.34. The lowest BCUT2D eigenvalue weighted by atomic mass is 9.92. The highest BCUT2D eigenvalue weighted by atomic mass is 19.1. The Morgan fingerprint density at radius 3 is 2.79 bits per heavy atom. The minimum absolute atomic E-state index is 0.250. The molecule has 0 spiro atoms. The van der Waals surface area contributed by atoms with Crippen LogP contribution in [-0.2, 0) is 11.2 Å². The number of aromatic nitrogens is 1. The van der Waals surface area contributed by atoms with Gasteiger partial charge in [0, 0.05) is 25.2 Å². The number of anilines is 1. The predicted octanol–water partition coefficient (Wildman–Crippen LogP) is 3.39. The highest BCUT2D eigenvalue weighted by Gasteiger charge is 2.40. The molecule has 195 valence electrons. The summed E-state index contributed by atoms with van der Waals surface area (Å²) in [4.78, 5) is 31.2. The van der Waals surface area contributed by atoms with E-state index in [4.69, 9.17) is 10.7 Å². The molecule has 0 aliphatic carbocycles. The van der Waals surface area contributed by atoms with E-state index >= 15 is 0 Å². The summed E-state index contributed by atoms with van der Waals surface area (Å²) in [6.45, 7) is 1.63. The van der Waals surface area contributed by atoms with Crippen LogP contribution in [0.15, 0.2) is 60.7 Å². The molecule has 0 unspecified atom stereocenters. The number of halogens is 1. The fourth-order valence-electron chi connectivity index (χ4n) is 4.97. The summed E-state index contributed by atoms with van der Waals surface area (Å²) in [6.07, 6.45) is 4.64. The van der Waals surface area contributed by atoms with E-state index in [1.165, 1.54) is 12.1 Å².